The molecule has 0 saturated carbocycles. The van der Waals surface area contributed by atoms with Crippen LogP contribution in [-0.4, -0.2) is 36.8 Å². The lowest BCUT2D eigenvalue weighted by molar-refractivity contribution is 0.0169. The second-order valence-electron chi connectivity index (χ2n) is 5.89. The quantitative estimate of drug-likeness (QED) is 0.743. The lowest BCUT2D eigenvalue weighted by Crippen LogP contribution is -2.48. The summed E-state index contributed by atoms with van der Waals surface area (Å²) in [6, 6.07) is 4.81. The summed E-state index contributed by atoms with van der Waals surface area (Å²) < 4.78 is 5.73. The molecule has 3 heterocycles. The summed E-state index contributed by atoms with van der Waals surface area (Å²) in [5.74, 6) is 1.10. The van der Waals surface area contributed by atoms with E-state index in [4.69, 9.17) is 4.74 Å². The van der Waals surface area contributed by atoms with E-state index in [0.29, 0.717) is 12.1 Å². The molecule has 2 aliphatic heterocycles. The van der Waals surface area contributed by atoms with Gasteiger partial charge in [-0.25, -0.2) is 4.98 Å². The average molecular weight is 348 g/mol. The number of hydrogen-bond acceptors (Lipinski definition) is 4. The molecule has 0 bridgehead atoms. The lowest BCUT2D eigenvalue weighted by Gasteiger charge is -2.27. The number of nitrogens with one attached hydrogen (secondary N) is 2. The van der Waals surface area contributed by atoms with E-state index >= 15 is 0 Å². The molecule has 0 amide bonds. The number of anilines is 1. The number of ether oxygens (including phenoxy) is 1. The van der Waals surface area contributed by atoms with E-state index in [1.54, 1.807) is 0 Å². The molecule has 1 atom stereocenters. The predicted molar refractivity (Wildman–Crippen MR) is 95.5 cm³/mol. The third-order valence-corrected chi connectivity index (χ3v) is 4.29. The fourth-order valence-electron chi connectivity index (χ4n) is 2.88. The van der Waals surface area contributed by atoms with Crippen molar-refractivity contribution >= 4 is 30.6 Å². The molecular formula is C16H27Cl2N3O. The Morgan fingerprint density at radius 2 is 2.05 bits per heavy atom. The van der Waals surface area contributed by atoms with E-state index in [0.717, 1.165) is 25.5 Å². The van der Waals surface area contributed by atoms with Gasteiger partial charge in [0.05, 0.1) is 6.10 Å². The molecule has 0 aliphatic carbocycles. The summed E-state index contributed by atoms with van der Waals surface area (Å²) in [5, 5.41) is 6.80. The first-order valence-corrected chi connectivity index (χ1v) is 7.94. The largest absolute Gasteiger partial charge is 0.376 e. The van der Waals surface area contributed by atoms with Gasteiger partial charge in [0.25, 0.3) is 0 Å². The Morgan fingerprint density at radius 3 is 2.82 bits per heavy atom. The Kier molecular flexibility index (Phi) is 9.10. The zero-order valence-electron chi connectivity index (χ0n) is 12.9. The number of nitrogens with zero attached hydrogens (tertiary/aromatic N) is 1. The van der Waals surface area contributed by atoms with Crippen LogP contribution in [0.15, 0.2) is 18.3 Å². The van der Waals surface area contributed by atoms with Crippen LogP contribution in [0.2, 0.25) is 0 Å². The van der Waals surface area contributed by atoms with Crippen molar-refractivity contribution in [3.05, 3.63) is 23.9 Å². The zero-order valence-corrected chi connectivity index (χ0v) is 14.6. The monoisotopic (exact) mass is 347 g/mol. The van der Waals surface area contributed by atoms with E-state index < -0.39 is 0 Å². The standard InChI is InChI=1S/C16H25N3O.2ClH/c1(3-10-20-15-11-17-12-15)2-6-14-8-7-13-5-4-9-18-16(13)19-14;;/h4-5,9,14-15,17H,1-3,6-8,10-12H2,(H,18,19);2*1H/t14-;;/m0../s1. The number of unbranched alkanes of at least 4 members (excludes halogenated alkanes) is 2. The van der Waals surface area contributed by atoms with E-state index in [9.17, 15) is 0 Å². The summed E-state index contributed by atoms with van der Waals surface area (Å²) in [6.45, 7) is 3.01. The molecule has 1 fully saturated rings. The minimum atomic E-state index is 0. The summed E-state index contributed by atoms with van der Waals surface area (Å²) in [5.41, 5.74) is 1.37. The Bertz CT molecular complexity index is 430. The maximum absolute atomic E-state index is 5.73. The van der Waals surface area contributed by atoms with E-state index in [2.05, 4.69) is 21.7 Å². The molecule has 2 aliphatic rings. The normalized spacial score (nSPS) is 19.9. The minimum Gasteiger partial charge on any atom is -0.376 e. The Morgan fingerprint density at radius 1 is 1.18 bits per heavy atom. The Hall–Kier alpha value is -0.550. The molecule has 0 radical (unpaired) electrons. The number of aromatic nitrogens is 1. The number of pyridine rings is 1. The molecule has 0 unspecified atom stereocenters. The first-order chi connectivity index (χ1) is 9.92. The first-order valence-electron chi connectivity index (χ1n) is 7.94. The van der Waals surface area contributed by atoms with Gasteiger partial charge in [0.2, 0.25) is 0 Å². The molecule has 3 rings (SSSR count). The van der Waals surface area contributed by atoms with Crippen LogP contribution in [0.5, 0.6) is 0 Å². The van der Waals surface area contributed by atoms with Crippen molar-refractivity contribution in [2.45, 2.75) is 50.7 Å². The zero-order chi connectivity index (χ0) is 13.6. The van der Waals surface area contributed by atoms with Crippen molar-refractivity contribution < 1.29 is 4.74 Å². The number of hydrogen-bond donors (Lipinski definition) is 2. The highest BCUT2D eigenvalue weighted by molar-refractivity contribution is 5.85. The van der Waals surface area contributed by atoms with Gasteiger partial charge in [-0.3, -0.25) is 0 Å². The summed E-state index contributed by atoms with van der Waals surface area (Å²) in [7, 11) is 0. The summed E-state index contributed by atoms with van der Waals surface area (Å²) >= 11 is 0. The molecule has 1 aromatic rings. The molecule has 0 aromatic carbocycles. The van der Waals surface area contributed by atoms with Crippen LogP contribution in [0.1, 0.15) is 37.7 Å². The van der Waals surface area contributed by atoms with Crippen LogP contribution in [0.4, 0.5) is 5.82 Å². The van der Waals surface area contributed by atoms with Gasteiger partial charge >= 0.3 is 0 Å². The van der Waals surface area contributed by atoms with Crippen LogP contribution in [-0.2, 0) is 11.2 Å². The topological polar surface area (TPSA) is 46.2 Å². The maximum Gasteiger partial charge on any atom is 0.129 e. The summed E-state index contributed by atoms with van der Waals surface area (Å²) in [6.07, 6.45) is 9.76. The SMILES string of the molecule is Cl.Cl.c1cnc2c(c1)CC[C@H](CCCCCOC1CNC1)N2. The predicted octanol–water partition coefficient (Wildman–Crippen LogP) is 3.20. The number of rotatable bonds is 7. The van der Waals surface area contributed by atoms with Crippen LogP contribution in [0, 0.1) is 0 Å². The van der Waals surface area contributed by atoms with Crippen molar-refractivity contribution in [3.63, 3.8) is 0 Å². The molecule has 126 valence electrons. The molecule has 1 aromatic heterocycles. The van der Waals surface area contributed by atoms with Crippen LogP contribution in [0.25, 0.3) is 0 Å². The fourth-order valence-corrected chi connectivity index (χ4v) is 2.88. The molecule has 4 nitrogen and oxygen atoms in total. The average Bonchev–Trinajstić information content (AvgIpc) is 2.44. The highest BCUT2D eigenvalue weighted by atomic mass is 35.5. The van der Waals surface area contributed by atoms with Crippen LogP contribution < -0.4 is 10.6 Å². The number of halogens is 2. The van der Waals surface area contributed by atoms with Gasteiger partial charge < -0.3 is 15.4 Å². The van der Waals surface area contributed by atoms with Gasteiger partial charge in [-0.05, 0) is 37.3 Å². The fraction of sp³-hybridized carbons (Fsp3) is 0.688. The summed E-state index contributed by atoms with van der Waals surface area (Å²) in [4.78, 5) is 4.43. The van der Waals surface area contributed by atoms with Gasteiger partial charge in [0.15, 0.2) is 0 Å². The number of aryl methyl sites for hydroxylation is 1. The maximum atomic E-state index is 5.73. The highest BCUT2D eigenvalue weighted by Gasteiger charge is 2.18. The Labute approximate surface area is 145 Å². The molecule has 0 spiro atoms. The third kappa shape index (κ3) is 5.58. The van der Waals surface area contributed by atoms with Crippen LogP contribution in [0.3, 0.4) is 0 Å². The molecular weight excluding hydrogens is 321 g/mol. The van der Waals surface area contributed by atoms with Crippen molar-refractivity contribution in [1.29, 1.82) is 0 Å². The second kappa shape index (κ2) is 10.3. The Balaban J connectivity index is 0.00000121. The second-order valence-corrected chi connectivity index (χ2v) is 5.89. The van der Waals surface area contributed by atoms with Crippen molar-refractivity contribution in [2.75, 3.05) is 25.0 Å². The molecule has 2 N–H and O–H groups in total. The van der Waals surface area contributed by atoms with Gasteiger partial charge in [0.1, 0.15) is 5.82 Å². The third-order valence-electron chi connectivity index (χ3n) is 4.29. The van der Waals surface area contributed by atoms with E-state index in [1.807, 2.05) is 12.3 Å². The van der Waals surface area contributed by atoms with Crippen molar-refractivity contribution in [3.8, 4) is 0 Å². The van der Waals surface area contributed by atoms with E-state index in [1.165, 1.54) is 44.1 Å². The lowest BCUT2D eigenvalue weighted by atomic mass is 9.97. The number of fused-ring (bicyclic) bond motifs is 1. The van der Waals surface area contributed by atoms with E-state index in [-0.39, 0.29) is 24.8 Å². The minimum absolute atomic E-state index is 0. The van der Waals surface area contributed by atoms with Crippen molar-refractivity contribution in [1.82, 2.24) is 10.3 Å². The van der Waals surface area contributed by atoms with Crippen LogP contribution >= 0.6 is 24.8 Å². The first kappa shape index (κ1) is 19.5. The van der Waals surface area contributed by atoms with Crippen molar-refractivity contribution in [2.24, 2.45) is 0 Å². The highest BCUT2D eigenvalue weighted by Crippen LogP contribution is 2.24. The molecule has 22 heavy (non-hydrogen) atoms. The van der Waals surface area contributed by atoms with Gasteiger partial charge in [-0.2, -0.15) is 0 Å². The molecule has 6 heteroatoms. The molecule has 1 saturated heterocycles. The van der Waals surface area contributed by atoms with Gasteiger partial charge in [-0.1, -0.05) is 18.9 Å². The smallest absolute Gasteiger partial charge is 0.129 e. The van der Waals surface area contributed by atoms with Gasteiger partial charge in [0, 0.05) is 31.9 Å². The van der Waals surface area contributed by atoms with Gasteiger partial charge in [-0.15, -0.1) is 24.8 Å².